The monoisotopic (exact) mass is 360 g/mol. The summed E-state index contributed by atoms with van der Waals surface area (Å²) in [6, 6.07) is 4.38. The third-order valence-corrected chi connectivity index (χ3v) is 3.84. The van der Waals surface area contributed by atoms with Crippen molar-refractivity contribution in [3.63, 3.8) is 0 Å². The fraction of sp³-hybridized carbons (Fsp3) is 0.400. The molecule has 1 fully saturated rings. The molecule has 134 valence electrons. The van der Waals surface area contributed by atoms with Gasteiger partial charge in [0.1, 0.15) is 5.82 Å². The third kappa shape index (κ3) is 3.77. The Labute approximate surface area is 138 Å². The Bertz CT molecular complexity index is 833. The topological polar surface area (TPSA) is 51.0 Å². The Kier molecular flexibility index (Phi) is 4.21. The Morgan fingerprint density at radius 2 is 1.96 bits per heavy atom. The average molecular weight is 360 g/mol. The van der Waals surface area contributed by atoms with Gasteiger partial charge in [0.15, 0.2) is 0 Å². The molecule has 0 atom stereocenters. The second-order valence-electron chi connectivity index (χ2n) is 5.71. The summed E-state index contributed by atoms with van der Waals surface area (Å²) in [6.45, 7) is -1.00. The molecule has 0 unspecified atom stereocenters. The van der Waals surface area contributed by atoms with Crippen molar-refractivity contribution in [2.24, 2.45) is 0 Å². The van der Waals surface area contributed by atoms with E-state index in [-0.39, 0.29) is 24.5 Å². The Morgan fingerprint density at radius 3 is 2.60 bits per heavy atom. The highest BCUT2D eigenvalue weighted by Gasteiger charge is 2.39. The van der Waals surface area contributed by atoms with Crippen LogP contribution in [0.3, 0.4) is 0 Å². The van der Waals surface area contributed by atoms with E-state index < -0.39 is 36.3 Å². The lowest BCUT2D eigenvalue weighted by Gasteiger charge is -2.18. The highest BCUT2D eigenvalue weighted by atomic mass is 19.4. The van der Waals surface area contributed by atoms with Gasteiger partial charge in [-0.3, -0.25) is 9.78 Å². The summed E-state index contributed by atoms with van der Waals surface area (Å²) >= 11 is 0. The SMILES string of the molecule is O=c1ccc(N2CCC(F)(F)C2)nn1Cc1ncccc1C(F)(F)F. The lowest BCUT2D eigenvalue weighted by molar-refractivity contribution is -0.138. The van der Waals surface area contributed by atoms with E-state index in [1.165, 1.54) is 17.2 Å². The van der Waals surface area contributed by atoms with Gasteiger partial charge in [0.2, 0.25) is 0 Å². The molecule has 0 bridgehead atoms. The molecule has 1 aliphatic heterocycles. The van der Waals surface area contributed by atoms with Crippen LogP contribution in [0.25, 0.3) is 0 Å². The molecule has 1 saturated heterocycles. The molecule has 5 nitrogen and oxygen atoms in total. The van der Waals surface area contributed by atoms with Gasteiger partial charge in [-0.25, -0.2) is 13.5 Å². The molecule has 3 heterocycles. The molecule has 0 amide bonds. The van der Waals surface area contributed by atoms with Crippen LogP contribution in [0.15, 0.2) is 35.3 Å². The summed E-state index contributed by atoms with van der Waals surface area (Å²) in [5.74, 6) is -2.74. The van der Waals surface area contributed by atoms with Crippen molar-refractivity contribution in [1.82, 2.24) is 14.8 Å². The number of pyridine rings is 1. The molecule has 25 heavy (non-hydrogen) atoms. The van der Waals surface area contributed by atoms with E-state index in [4.69, 9.17) is 0 Å². The second kappa shape index (κ2) is 6.08. The molecule has 1 aliphatic rings. The Morgan fingerprint density at radius 1 is 1.20 bits per heavy atom. The van der Waals surface area contributed by atoms with Crippen molar-refractivity contribution in [2.45, 2.75) is 25.1 Å². The van der Waals surface area contributed by atoms with E-state index in [0.29, 0.717) is 0 Å². The highest BCUT2D eigenvalue weighted by molar-refractivity contribution is 5.39. The van der Waals surface area contributed by atoms with Crippen molar-refractivity contribution < 1.29 is 22.0 Å². The van der Waals surface area contributed by atoms with E-state index in [1.807, 2.05) is 0 Å². The molecule has 0 spiro atoms. The van der Waals surface area contributed by atoms with Crippen LogP contribution >= 0.6 is 0 Å². The summed E-state index contributed by atoms with van der Waals surface area (Å²) < 4.78 is 66.5. The van der Waals surface area contributed by atoms with Crippen molar-refractivity contribution in [3.05, 3.63) is 52.1 Å². The third-order valence-electron chi connectivity index (χ3n) is 3.84. The van der Waals surface area contributed by atoms with Crippen LogP contribution in [0.1, 0.15) is 17.7 Å². The summed E-state index contributed by atoms with van der Waals surface area (Å²) in [6.07, 6.45) is -3.78. The van der Waals surface area contributed by atoms with Gasteiger partial charge < -0.3 is 4.90 Å². The minimum atomic E-state index is -4.62. The zero-order chi connectivity index (χ0) is 18.2. The first-order chi connectivity index (χ1) is 11.7. The first-order valence-electron chi connectivity index (χ1n) is 7.38. The molecule has 0 aromatic carbocycles. The van der Waals surface area contributed by atoms with Crippen molar-refractivity contribution in [1.29, 1.82) is 0 Å². The average Bonchev–Trinajstić information content (AvgIpc) is 2.89. The smallest absolute Gasteiger partial charge is 0.349 e. The Balaban J connectivity index is 1.92. The fourth-order valence-corrected chi connectivity index (χ4v) is 2.62. The van der Waals surface area contributed by atoms with Gasteiger partial charge in [-0.15, -0.1) is 0 Å². The predicted octanol–water partition coefficient (Wildman–Crippen LogP) is 2.55. The molecule has 2 aromatic rings. The van der Waals surface area contributed by atoms with Crippen LogP contribution in [0.4, 0.5) is 27.8 Å². The Hall–Kier alpha value is -2.52. The van der Waals surface area contributed by atoms with Gasteiger partial charge in [-0.2, -0.15) is 18.3 Å². The van der Waals surface area contributed by atoms with Gasteiger partial charge in [0, 0.05) is 25.2 Å². The van der Waals surface area contributed by atoms with E-state index in [2.05, 4.69) is 10.1 Å². The maximum absolute atomic E-state index is 13.3. The van der Waals surface area contributed by atoms with Crippen molar-refractivity contribution >= 4 is 5.82 Å². The highest BCUT2D eigenvalue weighted by Crippen LogP contribution is 2.31. The number of alkyl halides is 5. The normalized spacial score (nSPS) is 17.1. The van der Waals surface area contributed by atoms with Crippen LogP contribution in [0.2, 0.25) is 0 Å². The number of hydrogen-bond donors (Lipinski definition) is 0. The molecule has 0 N–H and O–H groups in total. The molecule has 10 heteroatoms. The zero-order valence-electron chi connectivity index (χ0n) is 12.8. The minimum Gasteiger partial charge on any atom is -0.349 e. The van der Waals surface area contributed by atoms with E-state index in [1.54, 1.807) is 0 Å². The van der Waals surface area contributed by atoms with Crippen LogP contribution in [0.5, 0.6) is 0 Å². The molecule has 0 aliphatic carbocycles. The number of rotatable bonds is 3. The zero-order valence-corrected chi connectivity index (χ0v) is 12.8. The largest absolute Gasteiger partial charge is 0.418 e. The van der Waals surface area contributed by atoms with Gasteiger partial charge in [0.05, 0.1) is 24.3 Å². The lowest BCUT2D eigenvalue weighted by Crippen LogP contribution is -2.30. The van der Waals surface area contributed by atoms with Crippen LogP contribution in [0, 0.1) is 0 Å². The van der Waals surface area contributed by atoms with Crippen molar-refractivity contribution in [3.8, 4) is 0 Å². The summed E-state index contributed by atoms with van der Waals surface area (Å²) in [7, 11) is 0. The summed E-state index contributed by atoms with van der Waals surface area (Å²) in [5, 5.41) is 3.93. The molecule has 2 aromatic heterocycles. The van der Waals surface area contributed by atoms with Crippen LogP contribution < -0.4 is 10.5 Å². The van der Waals surface area contributed by atoms with Crippen LogP contribution in [-0.2, 0) is 12.7 Å². The van der Waals surface area contributed by atoms with Crippen LogP contribution in [-0.4, -0.2) is 33.8 Å². The predicted molar refractivity (Wildman–Crippen MR) is 78.6 cm³/mol. The summed E-state index contributed by atoms with van der Waals surface area (Å²) in [5.41, 5.74) is -1.98. The lowest BCUT2D eigenvalue weighted by atomic mass is 10.2. The van der Waals surface area contributed by atoms with E-state index in [0.717, 1.165) is 22.9 Å². The molecule has 0 saturated carbocycles. The number of hydrogen-bond acceptors (Lipinski definition) is 4. The molecule has 0 radical (unpaired) electrons. The summed E-state index contributed by atoms with van der Waals surface area (Å²) in [4.78, 5) is 16.9. The van der Waals surface area contributed by atoms with E-state index >= 15 is 0 Å². The first kappa shape index (κ1) is 17.3. The van der Waals surface area contributed by atoms with E-state index in [9.17, 15) is 26.7 Å². The van der Waals surface area contributed by atoms with Gasteiger partial charge in [-0.1, -0.05) is 0 Å². The molecule has 3 rings (SSSR count). The maximum Gasteiger partial charge on any atom is 0.418 e. The fourth-order valence-electron chi connectivity index (χ4n) is 2.62. The minimum absolute atomic E-state index is 0.0512. The number of aromatic nitrogens is 3. The number of nitrogens with zero attached hydrogens (tertiary/aromatic N) is 4. The van der Waals surface area contributed by atoms with Crippen molar-refractivity contribution in [2.75, 3.05) is 18.0 Å². The maximum atomic E-state index is 13.3. The van der Waals surface area contributed by atoms with Gasteiger partial charge in [-0.05, 0) is 18.2 Å². The quantitative estimate of drug-likeness (QED) is 0.790. The standard InChI is InChI=1S/C15H13F5N4O/c16-14(17)5-7-23(9-14)12-3-4-13(25)24(22-12)8-11-10(15(18,19)20)2-1-6-21-11/h1-4,6H,5,7-9H2. The van der Waals surface area contributed by atoms with Gasteiger partial charge in [0.25, 0.3) is 11.5 Å². The first-order valence-corrected chi connectivity index (χ1v) is 7.38. The second-order valence-corrected chi connectivity index (χ2v) is 5.71. The molecular weight excluding hydrogens is 347 g/mol. The molecular formula is C15H13F5N4O. The van der Waals surface area contributed by atoms with Gasteiger partial charge >= 0.3 is 6.18 Å². The number of halogens is 5. The number of anilines is 1.